The van der Waals surface area contributed by atoms with Crippen molar-refractivity contribution in [2.75, 3.05) is 5.32 Å². The van der Waals surface area contributed by atoms with Crippen LogP contribution in [0.25, 0.3) is 0 Å². The van der Waals surface area contributed by atoms with E-state index in [9.17, 15) is 9.18 Å². The number of hydrazine groups is 2. The summed E-state index contributed by atoms with van der Waals surface area (Å²) >= 11 is 5.96. The van der Waals surface area contributed by atoms with Crippen LogP contribution in [0.1, 0.15) is 5.56 Å². The fraction of sp³-hybridized carbons (Fsp3) is 0.188. The first kappa shape index (κ1) is 16.7. The lowest BCUT2D eigenvalue weighted by Gasteiger charge is -2.20. The van der Waals surface area contributed by atoms with Crippen LogP contribution in [0.5, 0.6) is 0 Å². The van der Waals surface area contributed by atoms with Crippen LogP contribution < -0.4 is 27.0 Å². The third kappa shape index (κ3) is 4.21. The number of hydrogen-bond donors (Lipinski definition) is 5. The summed E-state index contributed by atoms with van der Waals surface area (Å²) in [5.41, 5.74) is 10.1. The van der Waals surface area contributed by atoms with Crippen molar-refractivity contribution in [1.29, 1.82) is 0 Å². The molecule has 0 aromatic heterocycles. The van der Waals surface area contributed by atoms with Gasteiger partial charge in [-0.05, 0) is 35.9 Å². The van der Waals surface area contributed by atoms with Gasteiger partial charge in [-0.2, -0.15) is 5.53 Å². The summed E-state index contributed by atoms with van der Waals surface area (Å²) in [7, 11) is 0. The van der Waals surface area contributed by atoms with E-state index in [1.54, 1.807) is 24.3 Å². The molecule has 0 aliphatic carbocycles. The van der Waals surface area contributed by atoms with Gasteiger partial charge in [0.1, 0.15) is 18.0 Å². The number of nitrogens with one attached hydrogen (secondary N) is 5. The number of carbonyl (C=O) groups is 1. The molecule has 8 heteroatoms. The first-order valence-electron chi connectivity index (χ1n) is 7.42. The molecule has 1 fully saturated rings. The van der Waals surface area contributed by atoms with Crippen molar-refractivity contribution >= 4 is 23.2 Å². The first-order valence-corrected chi connectivity index (χ1v) is 7.80. The summed E-state index contributed by atoms with van der Waals surface area (Å²) in [5.74, 6) is -0.502. The number of benzene rings is 2. The molecule has 1 aliphatic heterocycles. The number of carbonyl (C=O) groups excluding carboxylic acids is 1. The molecule has 0 spiro atoms. The first-order chi connectivity index (χ1) is 11.6. The molecule has 2 unspecified atom stereocenters. The second kappa shape index (κ2) is 7.59. The summed E-state index contributed by atoms with van der Waals surface area (Å²) in [5, 5.41) is 6.61. The van der Waals surface area contributed by atoms with E-state index in [4.69, 9.17) is 11.6 Å². The van der Waals surface area contributed by atoms with Gasteiger partial charge >= 0.3 is 0 Å². The molecule has 1 saturated heterocycles. The Morgan fingerprint density at radius 2 is 1.96 bits per heavy atom. The molecule has 2 aromatic rings. The monoisotopic (exact) mass is 349 g/mol. The standard InChI is InChI=1S/C16H17ClFN5O/c17-11-2-1-3-13(8-11)20-15-14(21-23-22-15)16(24)19-9-10-4-6-12(18)7-5-10/h1-8,14-15,20-23H,9H2,(H,19,24). The molecule has 1 amide bonds. The molecule has 1 heterocycles. The number of anilines is 1. The van der Waals surface area contributed by atoms with Gasteiger partial charge in [0.05, 0.1) is 0 Å². The Balaban J connectivity index is 1.58. The Labute approximate surface area is 143 Å². The quantitative estimate of drug-likeness (QED) is 0.566. The SMILES string of the molecule is O=C(NCc1ccc(F)cc1)C1NNNC1Nc1cccc(Cl)c1. The van der Waals surface area contributed by atoms with Crippen molar-refractivity contribution < 1.29 is 9.18 Å². The highest BCUT2D eigenvalue weighted by atomic mass is 35.5. The maximum atomic E-state index is 12.9. The highest BCUT2D eigenvalue weighted by Crippen LogP contribution is 2.16. The topological polar surface area (TPSA) is 77.2 Å². The predicted molar refractivity (Wildman–Crippen MR) is 90.3 cm³/mol. The van der Waals surface area contributed by atoms with Gasteiger partial charge in [-0.1, -0.05) is 29.8 Å². The van der Waals surface area contributed by atoms with Gasteiger partial charge in [0, 0.05) is 17.3 Å². The minimum atomic E-state index is -0.538. The maximum Gasteiger partial charge on any atom is 0.242 e. The van der Waals surface area contributed by atoms with E-state index < -0.39 is 6.04 Å². The number of amides is 1. The van der Waals surface area contributed by atoms with Gasteiger partial charge in [0.15, 0.2) is 0 Å². The van der Waals surface area contributed by atoms with Crippen LogP contribution >= 0.6 is 11.6 Å². The van der Waals surface area contributed by atoms with Gasteiger partial charge < -0.3 is 10.6 Å². The zero-order valence-electron chi connectivity index (χ0n) is 12.6. The van der Waals surface area contributed by atoms with Crippen LogP contribution in [0, 0.1) is 5.82 Å². The minimum Gasteiger partial charge on any atom is -0.367 e. The summed E-state index contributed by atoms with van der Waals surface area (Å²) in [6.07, 6.45) is -0.364. The van der Waals surface area contributed by atoms with Crippen LogP contribution in [0.4, 0.5) is 10.1 Å². The molecule has 126 valence electrons. The van der Waals surface area contributed by atoms with Crippen molar-refractivity contribution in [2.45, 2.75) is 18.8 Å². The second-order valence-corrected chi connectivity index (χ2v) is 5.80. The van der Waals surface area contributed by atoms with E-state index in [-0.39, 0.29) is 17.9 Å². The highest BCUT2D eigenvalue weighted by Gasteiger charge is 2.32. The Bertz CT molecular complexity index is 712. The predicted octanol–water partition coefficient (Wildman–Crippen LogP) is 1.51. The summed E-state index contributed by atoms with van der Waals surface area (Å²) in [4.78, 5) is 12.4. The molecule has 3 rings (SSSR count). The van der Waals surface area contributed by atoms with E-state index in [1.165, 1.54) is 12.1 Å². The third-order valence-corrected chi connectivity index (χ3v) is 3.83. The van der Waals surface area contributed by atoms with Gasteiger partial charge in [-0.25, -0.2) is 15.2 Å². The van der Waals surface area contributed by atoms with Crippen molar-refractivity contribution in [3.05, 3.63) is 64.9 Å². The lowest BCUT2D eigenvalue weighted by atomic mass is 10.2. The average molecular weight is 350 g/mol. The lowest BCUT2D eigenvalue weighted by Crippen LogP contribution is -2.50. The van der Waals surface area contributed by atoms with E-state index >= 15 is 0 Å². The van der Waals surface area contributed by atoms with Crippen LogP contribution in [0.15, 0.2) is 48.5 Å². The van der Waals surface area contributed by atoms with E-state index in [1.807, 2.05) is 12.1 Å². The lowest BCUT2D eigenvalue weighted by molar-refractivity contribution is -0.123. The normalized spacial score (nSPS) is 19.9. The molecule has 6 nitrogen and oxygen atoms in total. The maximum absolute atomic E-state index is 12.9. The Morgan fingerprint density at radius 3 is 2.71 bits per heavy atom. The van der Waals surface area contributed by atoms with Crippen LogP contribution in [0.2, 0.25) is 5.02 Å². The average Bonchev–Trinajstić information content (AvgIpc) is 3.02. The van der Waals surface area contributed by atoms with Crippen LogP contribution in [0.3, 0.4) is 0 Å². The van der Waals surface area contributed by atoms with Gasteiger partial charge in [-0.3, -0.25) is 4.79 Å². The highest BCUT2D eigenvalue weighted by molar-refractivity contribution is 6.30. The molecular formula is C16H17ClFN5O. The number of halogens is 2. The molecule has 0 bridgehead atoms. The van der Waals surface area contributed by atoms with E-state index in [2.05, 4.69) is 27.0 Å². The second-order valence-electron chi connectivity index (χ2n) is 5.37. The number of hydrogen-bond acceptors (Lipinski definition) is 5. The van der Waals surface area contributed by atoms with E-state index in [0.29, 0.717) is 11.6 Å². The third-order valence-electron chi connectivity index (χ3n) is 3.60. The molecule has 0 saturated carbocycles. The fourth-order valence-corrected chi connectivity index (χ4v) is 2.55. The zero-order valence-corrected chi connectivity index (χ0v) is 13.4. The van der Waals surface area contributed by atoms with E-state index in [0.717, 1.165) is 11.3 Å². The van der Waals surface area contributed by atoms with Crippen LogP contribution in [-0.4, -0.2) is 18.1 Å². The largest absolute Gasteiger partial charge is 0.367 e. The minimum absolute atomic E-state index is 0.198. The van der Waals surface area contributed by atoms with Crippen molar-refractivity contribution in [3.63, 3.8) is 0 Å². The molecule has 0 radical (unpaired) electrons. The van der Waals surface area contributed by atoms with Crippen molar-refractivity contribution in [2.24, 2.45) is 0 Å². The molecule has 5 N–H and O–H groups in total. The van der Waals surface area contributed by atoms with Crippen molar-refractivity contribution in [1.82, 2.24) is 21.7 Å². The van der Waals surface area contributed by atoms with Gasteiger partial charge in [-0.15, -0.1) is 0 Å². The Morgan fingerprint density at radius 1 is 1.17 bits per heavy atom. The van der Waals surface area contributed by atoms with Gasteiger partial charge in [0.25, 0.3) is 0 Å². The van der Waals surface area contributed by atoms with Crippen LogP contribution in [-0.2, 0) is 11.3 Å². The number of rotatable bonds is 5. The van der Waals surface area contributed by atoms with Gasteiger partial charge in [0.2, 0.25) is 5.91 Å². The molecule has 2 atom stereocenters. The summed E-state index contributed by atoms with van der Waals surface area (Å²) in [6, 6.07) is 12.7. The molecular weight excluding hydrogens is 333 g/mol. The summed E-state index contributed by atoms with van der Waals surface area (Å²) in [6.45, 7) is 0.321. The Kier molecular flexibility index (Phi) is 5.27. The molecule has 2 aromatic carbocycles. The fourth-order valence-electron chi connectivity index (χ4n) is 2.36. The van der Waals surface area contributed by atoms with Crippen molar-refractivity contribution in [3.8, 4) is 0 Å². The zero-order chi connectivity index (χ0) is 16.9. The Hall–Kier alpha value is -2.19. The molecule has 1 aliphatic rings. The summed E-state index contributed by atoms with van der Waals surface area (Å²) < 4.78 is 12.9. The smallest absolute Gasteiger partial charge is 0.242 e. The molecule has 24 heavy (non-hydrogen) atoms.